The molecule has 6 nitrogen and oxygen atoms in total. The van der Waals surface area contributed by atoms with Gasteiger partial charge in [-0.05, 0) is 37.6 Å². The van der Waals surface area contributed by atoms with Crippen LogP contribution in [0.5, 0.6) is 0 Å². The van der Waals surface area contributed by atoms with Crippen LogP contribution in [0.2, 0.25) is 5.28 Å². The molecule has 108 valence electrons. The number of aryl methyl sites for hydroxylation is 1. The summed E-state index contributed by atoms with van der Waals surface area (Å²) in [7, 11) is 0. The van der Waals surface area contributed by atoms with Crippen molar-refractivity contribution < 1.29 is 0 Å². The SMILES string of the molecule is CCN(Cc1cccc(C)n1)c1nc(Cl)nc2[nH]ncc12. The molecule has 0 saturated carbocycles. The van der Waals surface area contributed by atoms with E-state index in [1.54, 1.807) is 6.20 Å². The van der Waals surface area contributed by atoms with Crippen LogP contribution in [0.4, 0.5) is 5.82 Å². The monoisotopic (exact) mass is 302 g/mol. The van der Waals surface area contributed by atoms with Crippen molar-refractivity contribution in [3.63, 3.8) is 0 Å². The van der Waals surface area contributed by atoms with Crippen LogP contribution in [0.15, 0.2) is 24.4 Å². The van der Waals surface area contributed by atoms with Gasteiger partial charge in [0, 0.05) is 12.2 Å². The lowest BCUT2D eigenvalue weighted by atomic mass is 10.2. The Morgan fingerprint density at radius 1 is 1.24 bits per heavy atom. The number of aromatic amines is 1. The Balaban J connectivity index is 2.00. The number of aromatic nitrogens is 5. The lowest BCUT2D eigenvalue weighted by Crippen LogP contribution is -2.24. The molecule has 7 heteroatoms. The largest absolute Gasteiger partial charge is 0.350 e. The average molecular weight is 303 g/mol. The number of hydrogen-bond acceptors (Lipinski definition) is 5. The van der Waals surface area contributed by atoms with Crippen LogP contribution in [-0.4, -0.2) is 31.7 Å². The summed E-state index contributed by atoms with van der Waals surface area (Å²) in [5.74, 6) is 0.768. The first kappa shape index (κ1) is 13.8. The molecule has 0 unspecified atom stereocenters. The highest BCUT2D eigenvalue weighted by Gasteiger charge is 2.15. The van der Waals surface area contributed by atoms with Crippen LogP contribution >= 0.6 is 11.6 Å². The molecular weight excluding hydrogens is 288 g/mol. The van der Waals surface area contributed by atoms with Gasteiger partial charge in [-0.3, -0.25) is 10.1 Å². The summed E-state index contributed by atoms with van der Waals surface area (Å²) in [5, 5.41) is 7.90. The highest BCUT2D eigenvalue weighted by Crippen LogP contribution is 2.24. The molecule has 3 aromatic rings. The Kier molecular flexibility index (Phi) is 3.70. The molecule has 3 rings (SSSR count). The van der Waals surface area contributed by atoms with Crippen molar-refractivity contribution in [3.05, 3.63) is 41.1 Å². The van der Waals surface area contributed by atoms with Crippen LogP contribution in [0.1, 0.15) is 18.3 Å². The fraction of sp³-hybridized carbons (Fsp3) is 0.286. The maximum absolute atomic E-state index is 6.00. The van der Waals surface area contributed by atoms with Gasteiger partial charge in [-0.2, -0.15) is 15.1 Å². The smallest absolute Gasteiger partial charge is 0.226 e. The van der Waals surface area contributed by atoms with Crippen molar-refractivity contribution in [2.75, 3.05) is 11.4 Å². The summed E-state index contributed by atoms with van der Waals surface area (Å²) < 4.78 is 0. The van der Waals surface area contributed by atoms with Gasteiger partial charge in [0.15, 0.2) is 5.65 Å². The number of anilines is 1. The Morgan fingerprint density at radius 3 is 2.86 bits per heavy atom. The van der Waals surface area contributed by atoms with Crippen molar-refractivity contribution in [1.29, 1.82) is 0 Å². The van der Waals surface area contributed by atoms with Gasteiger partial charge in [0.1, 0.15) is 5.82 Å². The van der Waals surface area contributed by atoms with E-state index in [0.29, 0.717) is 12.2 Å². The maximum atomic E-state index is 6.00. The van der Waals surface area contributed by atoms with Crippen molar-refractivity contribution in [2.24, 2.45) is 0 Å². The highest BCUT2D eigenvalue weighted by molar-refractivity contribution is 6.28. The molecule has 0 aromatic carbocycles. The van der Waals surface area contributed by atoms with Crippen LogP contribution in [-0.2, 0) is 6.54 Å². The first-order valence-electron chi connectivity index (χ1n) is 6.71. The zero-order valence-electron chi connectivity index (χ0n) is 11.8. The fourth-order valence-electron chi connectivity index (χ4n) is 2.25. The third kappa shape index (κ3) is 2.80. The minimum Gasteiger partial charge on any atom is -0.350 e. The van der Waals surface area contributed by atoms with Crippen LogP contribution in [0.3, 0.4) is 0 Å². The Morgan fingerprint density at radius 2 is 2.10 bits per heavy atom. The summed E-state index contributed by atoms with van der Waals surface area (Å²) in [6.07, 6.45) is 1.72. The molecule has 0 aliphatic carbocycles. The number of halogens is 1. The maximum Gasteiger partial charge on any atom is 0.226 e. The average Bonchev–Trinajstić information content (AvgIpc) is 2.92. The van der Waals surface area contributed by atoms with Gasteiger partial charge in [-0.15, -0.1) is 0 Å². The minimum absolute atomic E-state index is 0.206. The zero-order valence-corrected chi connectivity index (χ0v) is 12.6. The van der Waals surface area contributed by atoms with E-state index >= 15 is 0 Å². The Labute approximate surface area is 127 Å². The number of nitrogens with one attached hydrogen (secondary N) is 1. The summed E-state index contributed by atoms with van der Waals surface area (Å²) in [6.45, 7) is 5.49. The molecule has 0 amide bonds. The van der Waals surface area contributed by atoms with E-state index in [2.05, 4.69) is 37.0 Å². The summed E-state index contributed by atoms with van der Waals surface area (Å²) in [5.41, 5.74) is 2.63. The predicted octanol–water partition coefficient (Wildman–Crippen LogP) is 2.74. The first-order valence-corrected chi connectivity index (χ1v) is 7.09. The molecule has 0 radical (unpaired) electrons. The van der Waals surface area contributed by atoms with Crippen molar-refractivity contribution >= 4 is 28.5 Å². The normalized spacial score (nSPS) is 11.0. The van der Waals surface area contributed by atoms with E-state index in [1.807, 2.05) is 25.1 Å². The van der Waals surface area contributed by atoms with Gasteiger partial charge >= 0.3 is 0 Å². The van der Waals surface area contributed by atoms with Gasteiger partial charge in [0.25, 0.3) is 0 Å². The molecule has 21 heavy (non-hydrogen) atoms. The lowest BCUT2D eigenvalue weighted by Gasteiger charge is -2.22. The van der Waals surface area contributed by atoms with Crippen LogP contribution in [0.25, 0.3) is 11.0 Å². The number of rotatable bonds is 4. The number of hydrogen-bond donors (Lipinski definition) is 1. The number of pyridine rings is 1. The Hall–Kier alpha value is -2.21. The van der Waals surface area contributed by atoms with Crippen molar-refractivity contribution in [1.82, 2.24) is 25.1 Å². The summed E-state index contributed by atoms with van der Waals surface area (Å²) >= 11 is 6.00. The summed E-state index contributed by atoms with van der Waals surface area (Å²) in [4.78, 5) is 15.1. The van der Waals surface area contributed by atoms with Crippen LogP contribution < -0.4 is 4.90 Å². The van der Waals surface area contributed by atoms with E-state index in [4.69, 9.17) is 11.6 Å². The van der Waals surface area contributed by atoms with Gasteiger partial charge < -0.3 is 4.90 Å². The molecule has 0 spiro atoms. The van der Waals surface area contributed by atoms with Crippen LogP contribution in [0, 0.1) is 6.92 Å². The van der Waals surface area contributed by atoms with Gasteiger partial charge in [-0.1, -0.05) is 6.07 Å². The van der Waals surface area contributed by atoms with E-state index in [1.165, 1.54) is 0 Å². The molecule has 0 bridgehead atoms. The van der Waals surface area contributed by atoms with E-state index in [9.17, 15) is 0 Å². The minimum atomic E-state index is 0.206. The predicted molar refractivity (Wildman–Crippen MR) is 82.4 cm³/mol. The van der Waals surface area contributed by atoms with Gasteiger partial charge in [0.05, 0.1) is 23.8 Å². The molecule has 0 saturated heterocycles. The van der Waals surface area contributed by atoms with E-state index < -0.39 is 0 Å². The standard InChI is InChI=1S/C14H15ClN6/c1-3-21(8-10-6-4-5-9(2)17-10)13-11-7-16-20-12(11)18-14(15)19-13/h4-7H,3,8H2,1-2H3,(H,16,18,19,20). The third-order valence-corrected chi connectivity index (χ3v) is 3.41. The molecular formula is C14H15ClN6. The highest BCUT2D eigenvalue weighted by atomic mass is 35.5. The second-order valence-electron chi connectivity index (χ2n) is 4.73. The Bertz CT molecular complexity index is 769. The number of nitrogens with zero attached hydrogens (tertiary/aromatic N) is 5. The number of H-pyrrole nitrogens is 1. The quantitative estimate of drug-likeness (QED) is 0.750. The second-order valence-corrected chi connectivity index (χ2v) is 5.07. The lowest BCUT2D eigenvalue weighted by molar-refractivity contribution is 0.793. The molecule has 3 heterocycles. The molecule has 1 N–H and O–H groups in total. The second kappa shape index (κ2) is 5.65. The molecule has 0 fully saturated rings. The van der Waals surface area contributed by atoms with Crippen molar-refractivity contribution in [3.8, 4) is 0 Å². The first-order chi connectivity index (χ1) is 10.2. The summed E-state index contributed by atoms with van der Waals surface area (Å²) in [6, 6.07) is 5.99. The van der Waals surface area contributed by atoms with Gasteiger partial charge in [0.2, 0.25) is 5.28 Å². The number of fused-ring (bicyclic) bond motifs is 1. The fourth-order valence-corrected chi connectivity index (χ4v) is 2.42. The zero-order chi connectivity index (χ0) is 14.8. The van der Waals surface area contributed by atoms with Crippen molar-refractivity contribution in [2.45, 2.75) is 20.4 Å². The molecule has 0 aliphatic rings. The van der Waals surface area contributed by atoms with Gasteiger partial charge in [-0.25, -0.2) is 0 Å². The molecule has 0 atom stereocenters. The molecule has 3 aromatic heterocycles. The third-order valence-electron chi connectivity index (χ3n) is 3.24. The van der Waals surface area contributed by atoms with E-state index in [-0.39, 0.29) is 5.28 Å². The van der Waals surface area contributed by atoms with E-state index in [0.717, 1.165) is 29.1 Å². The molecule has 0 aliphatic heterocycles. The topological polar surface area (TPSA) is 70.6 Å².